The minimum Gasteiger partial charge on any atom is -0.349 e. The van der Waals surface area contributed by atoms with Gasteiger partial charge >= 0.3 is 0 Å². The number of rotatable bonds is 3. The zero-order valence-electron chi connectivity index (χ0n) is 11.8. The fourth-order valence-corrected chi connectivity index (χ4v) is 3.93. The fraction of sp³-hybridized carbons (Fsp3) is 0.857. The normalized spacial score (nSPS) is 33.4. The van der Waals surface area contributed by atoms with E-state index in [9.17, 15) is 4.79 Å². The highest BCUT2D eigenvalue weighted by atomic mass is 32.2. The van der Waals surface area contributed by atoms with Crippen LogP contribution in [0.4, 0.5) is 0 Å². The van der Waals surface area contributed by atoms with Crippen molar-refractivity contribution in [3.05, 3.63) is 0 Å². The Morgan fingerprint density at radius 2 is 2.25 bits per heavy atom. The van der Waals surface area contributed by atoms with Gasteiger partial charge in [-0.2, -0.15) is 0 Å². The van der Waals surface area contributed by atoms with Crippen LogP contribution in [0.2, 0.25) is 0 Å². The van der Waals surface area contributed by atoms with Gasteiger partial charge in [-0.15, -0.1) is 11.8 Å². The largest absolute Gasteiger partial charge is 0.349 e. The van der Waals surface area contributed by atoms with E-state index in [-0.39, 0.29) is 11.5 Å². The summed E-state index contributed by atoms with van der Waals surface area (Å²) in [7, 11) is 0. The third kappa shape index (κ3) is 3.74. The lowest BCUT2D eigenvalue weighted by atomic mass is 9.93. The van der Waals surface area contributed by atoms with Gasteiger partial charge in [-0.1, -0.05) is 12.8 Å². The van der Waals surface area contributed by atoms with Crippen molar-refractivity contribution in [1.29, 1.82) is 0 Å². The van der Waals surface area contributed by atoms with Crippen LogP contribution < -0.4 is 10.6 Å². The van der Waals surface area contributed by atoms with Gasteiger partial charge in [0, 0.05) is 19.0 Å². The van der Waals surface area contributed by atoms with Gasteiger partial charge in [0.1, 0.15) is 5.84 Å². The lowest BCUT2D eigenvalue weighted by molar-refractivity contribution is -0.117. The summed E-state index contributed by atoms with van der Waals surface area (Å²) < 4.78 is 5.95. The Morgan fingerprint density at radius 3 is 3.05 bits per heavy atom. The van der Waals surface area contributed by atoms with Gasteiger partial charge in [0.15, 0.2) is 5.56 Å². The minimum absolute atomic E-state index is 0.0258. The number of ether oxygens (including phenoxy) is 1. The second kappa shape index (κ2) is 6.91. The third-order valence-corrected chi connectivity index (χ3v) is 5.10. The van der Waals surface area contributed by atoms with Crippen LogP contribution in [0.25, 0.3) is 0 Å². The van der Waals surface area contributed by atoms with E-state index in [1.54, 1.807) is 11.8 Å². The first-order valence-corrected chi connectivity index (χ1v) is 8.72. The smallest absolute Gasteiger partial charge is 0.235 e. The number of nitrogens with zero attached hydrogens (tertiary/aromatic N) is 1. The predicted octanol–water partition coefficient (Wildman–Crippen LogP) is 1.63. The van der Waals surface area contributed by atoms with Gasteiger partial charge in [-0.25, -0.2) is 0 Å². The van der Waals surface area contributed by atoms with Crippen molar-refractivity contribution >= 4 is 23.5 Å². The van der Waals surface area contributed by atoms with Gasteiger partial charge in [-0.3, -0.25) is 15.1 Å². The third-order valence-electron chi connectivity index (χ3n) is 4.12. The summed E-state index contributed by atoms with van der Waals surface area (Å²) in [5, 5.41) is 6.39. The van der Waals surface area contributed by atoms with E-state index in [0.717, 1.165) is 38.1 Å². The first-order chi connectivity index (χ1) is 9.81. The summed E-state index contributed by atoms with van der Waals surface area (Å²) >= 11 is 1.55. The maximum absolute atomic E-state index is 11.9. The van der Waals surface area contributed by atoms with Gasteiger partial charge in [0.25, 0.3) is 0 Å². The molecule has 0 aromatic heterocycles. The Labute approximate surface area is 124 Å². The number of carbonyl (C=O) groups excluding carboxylic acids is 1. The molecule has 0 aromatic carbocycles. The van der Waals surface area contributed by atoms with Crippen molar-refractivity contribution in [2.75, 3.05) is 12.3 Å². The number of fused-ring (bicyclic) bond motifs is 1. The number of hydrogen-bond donors (Lipinski definition) is 2. The number of carbonyl (C=O) groups is 1. The highest BCUT2D eigenvalue weighted by molar-refractivity contribution is 8.00. The van der Waals surface area contributed by atoms with Gasteiger partial charge in [-0.05, 0) is 25.7 Å². The number of amides is 1. The SMILES string of the molecule is O=C(CSC1NC2CCCCC2O1)NC1=NCCCC1. The number of aliphatic imine (C=N–C) groups is 1. The molecule has 0 spiro atoms. The van der Waals surface area contributed by atoms with E-state index in [1.807, 2.05) is 0 Å². The minimum atomic E-state index is -0.0258. The summed E-state index contributed by atoms with van der Waals surface area (Å²) in [4.78, 5) is 16.2. The number of thioether (sulfide) groups is 1. The zero-order chi connectivity index (χ0) is 13.8. The quantitative estimate of drug-likeness (QED) is 0.831. The molecular formula is C14H23N3O2S. The molecule has 3 rings (SSSR count). The van der Waals surface area contributed by atoms with E-state index in [1.165, 1.54) is 19.3 Å². The van der Waals surface area contributed by atoms with Crippen molar-refractivity contribution in [3.8, 4) is 0 Å². The van der Waals surface area contributed by atoms with Crippen LogP contribution in [0, 0.1) is 0 Å². The maximum Gasteiger partial charge on any atom is 0.235 e. The highest BCUT2D eigenvalue weighted by Gasteiger charge is 2.36. The van der Waals surface area contributed by atoms with Crippen molar-refractivity contribution in [3.63, 3.8) is 0 Å². The first kappa shape index (κ1) is 14.4. The number of nitrogens with one attached hydrogen (secondary N) is 2. The molecule has 3 atom stereocenters. The number of amidine groups is 1. The van der Waals surface area contributed by atoms with Crippen LogP contribution in [-0.2, 0) is 9.53 Å². The molecule has 2 fully saturated rings. The zero-order valence-corrected chi connectivity index (χ0v) is 12.6. The molecule has 1 amide bonds. The van der Waals surface area contributed by atoms with Crippen LogP contribution in [0.3, 0.4) is 0 Å². The summed E-state index contributed by atoms with van der Waals surface area (Å²) in [6.07, 6.45) is 8.42. The van der Waals surface area contributed by atoms with Crippen LogP contribution in [0.5, 0.6) is 0 Å². The van der Waals surface area contributed by atoms with Crippen LogP contribution in [0.1, 0.15) is 44.9 Å². The Kier molecular flexibility index (Phi) is 4.96. The Hall–Kier alpha value is -0.590. The standard InChI is InChI=1S/C14H23N3O2S/c18-13(17-12-7-3-4-8-15-12)9-20-14-16-10-5-1-2-6-11(10)19-14/h10-11,14,16H,1-9H2,(H,15,17,18). The average molecular weight is 297 g/mol. The van der Waals surface area contributed by atoms with Crippen molar-refractivity contribution in [2.45, 2.75) is 62.7 Å². The number of hydrogen-bond acceptors (Lipinski definition) is 5. The topological polar surface area (TPSA) is 62.7 Å². The van der Waals surface area contributed by atoms with Crippen LogP contribution in [-0.4, -0.2) is 41.7 Å². The molecule has 1 saturated carbocycles. The highest BCUT2D eigenvalue weighted by Crippen LogP contribution is 2.30. The van der Waals surface area contributed by atoms with Gasteiger partial charge in [0.05, 0.1) is 11.9 Å². The summed E-state index contributed by atoms with van der Waals surface area (Å²) in [5.41, 5.74) is -0.0258. The van der Waals surface area contributed by atoms with Crippen molar-refractivity contribution in [2.24, 2.45) is 4.99 Å². The second-order valence-corrected chi connectivity index (χ2v) is 6.76. The van der Waals surface area contributed by atoms with E-state index in [2.05, 4.69) is 15.6 Å². The molecular weight excluding hydrogens is 274 g/mol. The Morgan fingerprint density at radius 1 is 1.35 bits per heavy atom. The van der Waals surface area contributed by atoms with E-state index in [4.69, 9.17) is 4.74 Å². The molecule has 3 unspecified atom stereocenters. The molecule has 6 heteroatoms. The summed E-state index contributed by atoms with van der Waals surface area (Å²) in [6.45, 7) is 0.847. The molecule has 0 bridgehead atoms. The molecule has 2 heterocycles. The van der Waals surface area contributed by atoms with Gasteiger partial charge < -0.3 is 10.1 Å². The molecule has 112 valence electrons. The average Bonchev–Trinajstić information content (AvgIpc) is 2.89. The summed E-state index contributed by atoms with van der Waals surface area (Å²) in [5.74, 6) is 1.32. The van der Waals surface area contributed by atoms with E-state index >= 15 is 0 Å². The monoisotopic (exact) mass is 297 g/mol. The molecule has 0 aromatic rings. The molecule has 1 saturated heterocycles. The summed E-state index contributed by atoms with van der Waals surface area (Å²) in [6, 6.07) is 0.493. The second-order valence-electron chi connectivity index (χ2n) is 5.71. The van der Waals surface area contributed by atoms with Crippen molar-refractivity contribution < 1.29 is 9.53 Å². The molecule has 3 aliphatic rings. The Bertz CT molecular complexity index is 375. The Balaban J connectivity index is 1.38. The van der Waals surface area contributed by atoms with E-state index < -0.39 is 0 Å². The molecule has 2 aliphatic heterocycles. The first-order valence-electron chi connectivity index (χ1n) is 7.67. The van der Waals surface area contributed by atoms with E-state index in [0.29, 0.717) is 17.9 Å². The maximum atomic E-state index is 11.9. The molecule has 0 radical (unpaired) electrons. The van der Waals surface area contributed by atoms with Gasteiger partial charge in [0.2, 0.25) is 5.91 Å². The molecule has 2 N–H and O–H groups in total. The van der Waals surface area contributed by atoms with Crippen molar-refractivity contribution in [1.82, 2.24) is 10.6 Å². The lowest BCUT2D eigenvalue weighted by Gasteiger charge is -2.22. The van der Waals surface area contributed by atoms with Crippen LogP contribution >= 0.6 is 11.8 Å². The molecule has 5 nitrogen and oxygen atoms in total. The predicted molar refractivity (Wildman–Crippen MR) is 80.8 cm³/mol. The lowest BCUT2D eigenvalue weighted by Crippen LogP contribution is -2.36. The van der Waals surface area contributed by atoms with Crippen LogP contribution in [0.15, 0.2) is 4.99 Å². The molecule has 1 aliphatic carbocycles. The fourth-order valence-electron chi connectivity index (χ4n) is 3.06. The molecule has 20 heavy (non-hydrogen) atoms.